The fraction of sp³-hybridized carbons (Fsp3) is 0.600. The van der Waals surface area contributed by atoms with Crippen molar-refractivity contribution in [1.82, 2.24) is 9.80 Å². The highest BCUT2D eigenvalue weighted by Crippen LogP contribution is 2.51. The van der Waals surface area contributed by atoms with Crippen molar-refractivity contribution in [1.29, 1.82) is 0 Å². The molecule has 2 heterocycles. The molecule has 2 fully saturated rings. The third-order valence-electron chi connectivity index (χ3n) is 7.75. The van der Waals surface area contributed by atoms with Crippen molar-refractivity contribution in [2.24, 2.45) is 17.8 Å². The van der Waals surface area contributed by atoms with Gasteiger partial charge in [0.1, 0.15) is 6.10 Å². The predicted octanol–water partition coefficient (Wildman–Crippen LogP) is 4.22. The minimum absolute atomic E-state index is 0.116. The second-order valence-electron chi connectivity index (χ2n) is 9.84. The van der Waals surface area contributed by atoms with E-state index in [1.54, 1.807) is 0 Å². The summed E-state index contributed by atoms with van der Waals surface area (Å²) in [6, 6.07) is 7.12. The van der Waals surface area contributed by atoms with E-state index in [0.717, 1.165) is 31.4 Å². The number of amides is 1. The number of ether oxygens (including phenoxy) is 1. The van der Waals surface area contributed by atoms with Gasteiger partial charge in [-0.25, -0.2) is 0 Å². The molecular formula is C25H31ClN2O3. The maximum atomic E-state index is 13.8. The van der Waals surface area contributed by atoms with E-state index in [1.807, 2.05) is 43.3 Å². The first-order valence-electron chi connectivity index (χ1n) is 11.6. The largest absolute Gasteiger partial charge is 0.483 e. The van der Waals surface area contributed by atoms with Gasteiger partial charge in [-0.2, -0.15) is 0 Å². The van der Waals surface area contributed by atoms with Crippen molar-refractivity contribution >= 4 is 23.3 Å². The molecule has 1 aromatic carbocycles. The highest BCUT2D eigenvalue weighted by Gasteiger charge is 2.55. The van der Waals surface area contributed by atoms with Gasteiger partial charge in [0, 0.05) is 18.1 Å². The number of carbonyl (C=O) groups excluding carboxylic acids is 2. The molecule has 0 spiro atoms. The summed E-state index contributed by atoms with van der Waals surface area (Å²) in [5.41, 5.74) is 1.49. The Morgan fingerprint density at radius 3 is 2.55 bits per heavy atom. The lowest BCUT2D eigenvalue weighted by atomic mass is 9.63. The molecule has 31 heavy (non-hydrogen) atoms. The van der Waals surface area contributed by atoms with E-state index in [4.69, 9.17) is 16.3 Å². The molecule has 0 radical (unpaired) electrons. The summed E-state index contributed by atoms with van der Waals surface area (Å²) in [5.74, 6) is 1.24. The summed E-state index contributed by atoms with van der Waals surface area (Å²) in [6.45, 7) is 1.27. The van der Waals surface area contributed by atoms with E-state index < -0.39 is 6.04 Å². The maximum Gasteiger partial charge on any atom is 0.290 e. The van der Waals surface area contributed by atoms with Crippen LogP contribution in [0.3, 0.4) is 0 Å². The zero-order valence-electron chi connectivity index (χ0n) is 18.4. The Labute approximate surface area is 189 Å². The first-order chi connectivity index (χ1) is 15.0. The molecule has 2 saturated carbocycles. The summed E-state index contributed by atoms with van der Waals surface area (Å²) in [4.78, 5) is 31.2. The number of rotatable bonds is 4. The van der Waals surface area contributed by atoms with E-state index in [1.165, 1.54) is 19.3 Å². The molecule has 1 aromatic rings. The van der Waals surface area contributed by atoms with Gasteiger partial charge in [-0.05, 0) is 62.9 Å². The predicted molar refractivity (Wildman–Crippen MR) is 120 cm³/mol. The van der Waals surface area contributed by atoms with Crippen LogP contribution in [0.4, 0.5) is 0 Å². The lowest BCUT2D eigenvalue weighted by Crippen LogP contribution is -2.48. The Bertz CT molecular complexity index is 910. The number of likely N-dealkylation sites (N-methyl/N-ethyl adjacent to an activating group) is 1. The van der Waals surface area contributed by atoms with Crippen molar-refractivity contribution < 1.29 is 14.3 Å². The third-order valence-corrected chi connectivity index (χ3v) is 8.00. The van der Waals surface area contributed by atoms with Crippen molar-refractivity contribution in [3.05, 3.63) is 46.2 Å². The highest BCUT2D eigenvalue weighted by atomic mass is 35.5. The molecular weight excluding hydrogens is 412 g/mol. The van der Waals surface area contributed by atoms with Crippen molar-refractivity contribution in [2.45, 2.75) is 50.7 Å². The fourth-order valence-corrected chi connectivity index (χ4v) is 6.33. The fourth-order valence-electron chi connectivity index (χ4n) is 6.20. The number of carbonyl (C=O) groups is 2. The van der Waals surface area contributed by atoms with Gasteiger partial charge in [-0.1, -0.05) is 43.0 Å². The maximum absolute atomic E-state index is 13.8. The number of fused-ring (bicyclic) bond motifs is 3. The third kappa shape index (κ3) is 3.60. The summed E-state index contributed by atoms with van der Waals surface area (Å²) in [5, 5.41) is 0.643. The summed E-state index contributed by atoms with van der Waals surface area (Å²) < 4.78 is 6.51. The average molecular weight is 443 g/mol. The van der Waals surface area contributed by atoms with Crippen LogP contribution in [-0.4, -0.2) is 54.8 Å². The van der Waals surface area contributed by atoms with Crippen LogP contribution in [0.5, 0.6) is 0 Å². The molecule has 5 nitrogen and oxygen atoms in total. The van der Waals surface area contributed by atoms with Gasteiger partial charge < -0.3 is 14.5 Å². The standard InChI is InChI=1S/C25H31ClN2O3/c1-27(2)13-14-28-21(16-7-10-17(26)11-8-16)20-22(29)19-12-9-15-5-3-4-6-18(15)23(19)31-24(20)25(28)30/h7-8,10-11,15,18-19,21,23H,3-6,9,12-14H2,1-2H3. The van der Waals surface area contributed by atoms with E-state index in [-0.39, 0.29) is 23.7 Å². The summed E-state index contributed by atoms with van der Waals surface area (Å²) in [6.07, 6.45) is 6.66. The lowest BCUT2D eigenvalue weighted by molar-refractivity contribution is -0.141. The van der Waals surface area contributed by atoms with Gasteiger partial charge in [0.2, 0.25) is 0 Å². The molecule has 1 amide bonds. The van der Waals surface area contributed by atoms with E-state index >= 15 is 0 Å². The van der Waals surface area contributed by atoms with Crippen LogP contribution in [0.2, 0.25) is 5.02 Å². The number of hydrogen-bond donors (Lipinski definition) is 0. The van der Waals surface area contributed by atoms with Crippen LogP contribution >= 0.6 is 11.6 Å². The van der Waals surface area contributed by atoms with Crippen LogP contribution in [0.25, 0.3) is 0 Å². The Hall–Kier alpha value is -1.85. The molecule has 6 heteroatoms. The quantitative estimate of drug-likeness (QED) is 0.700. The van der Waals surface area contributed by atoms with Gasteiger partial charge in [0.15, 0.2) is 11.5 Å². The topological polar surface area (TPSA) is 49.9 Å². The lowest BCUT2D eigenvalue weighted by Gasteiger charge is -2.46. The van der Waals surface area contributed by atoms with Gasteiger partial charge in [0.05, 0.1) is 17.5 Å². The van der Waals surface area contributed by atoms with E-state index in [2.05, 4.69) is 4.90 Å². The Kier molecular flexibility index (Phi) is 5.59. The zero-order chi connectivity index (χ0) is 21.7. The molecule has 166 valence electrons. The molecule has 5 unspecified atom stereocenters. The van der Waals surface area contributed by atoms with Crippen LogP contribution in [0.15, 0.2) is 35.6 Å². The summed E-state index contributed by atoms with van der Waals surface area (Å²) in [7, 11) is 3.98. The van der Waals surface area contributed by atoms with Gasteiger partial charge in [-0.3, -0.25) is 9.59 Å². The second kappa shape index (κ2) is 8.25. The van der Waals surface area contributed by atoms with Crippen LogP contribution in [-0.2, 0) is 14.3 Å². The van der Waals surface area contributed by atoms with E-state index in [0.29, 0.717) is 34.7 Å². The molecule has 5 atom stereocenters. The Balaban J connectivity index is 1.53. The number of halogens is 1. The molecule has 4 aliphatic rings. The number of Topliss-reactive ketones (excluding diaryl/α,β-unsaturated/α-hetero) is 1. The van der Waals surface area contributed by atoms with Gasteiger partial charge >= 0.3 is 0 Å². The molecule has 2 aliphatic heterocycles. The minimum atomic E-state index is -0.391. The first kappa shape index (κ1) is 21.0. The number of ketones is 1. The molecule has 0 N–H and O–H groups in total. The SMILES string of the molecule is CN(C)CCN1C(=O)C2=C(C(=O)C3CCC4CCCCC4C3O2)C1c1ccc(Cl)cc1. The molecule has 2 aliphatic carbocycles. The Morgan fingerprint density at radius 1 is 1.06 bits per heavy atom. The van der Waals surface area contributed by atoms with Crippen molar-refractivity contribution in [2.75, 3.05) is 27.2 Å². The summed E-state index contributed by atoms with van der Waals surface area (Å²) >= 11 is 6.12. The average Bonchev–Trinajstić information content (AvgIpc) is 3.05. The van der Waals surface area contributed by atoms with Crippen LogP contribution in [0, 0.1) is 17.8 Å². The molecule has 0 saturated heterocycles. The zero-order valence-corrected chi connectivity index (χ0v) is 19.1. The van der Waals surface area contributed by atoms with Crippen molar-refractivity contribution in [3.63, 3.8) is 0 Å². The number of benzene rings is 1. The Morgan fingerprint density at radius 2 is 1.81 bits per heavy atom. The van der Waals surface area contributed by atoms with Gasteiger partial charge in [-0.15, -0.1) is 0 Å². The molecule has 0 aromatic heterocycles. The highest BCUT2D eigenvalue weighted by molar-refractivity contribution is 6.30. The van der Waals surface area contributed by atoms with Crippen LogP contribution in [0.1, 0.15) is 50.1 Å². The van der Waals surface area contributed by atoms with E-state index in [9.17, 15) is 9.59 Å². The number of nitrogens with zero attached hydrogens (tertiary/aromatic N) is 2. The van der Waals surface area contributed by atoms with Crippen LogP contribution < -0.4 is 0 Å². The normalized spacial score (nSPS) is 32.6. The molecule has 0 bridgehead atoms. The number of hydrogen-bond acceptors (Lipinski definition) is 4. The second-order valence-corrected chi connectivity index (χ2v) is 10.3. The smallest absolute Gasteiger partial charge is 0.290 e. The van der Waals surface area contributed by atoms with Gasteiger partial charge in [0.25, 0.3) is 5.91 Å². The van der Waals surface area contributed by atoms with Crippen molar-refractivity contribution in [3.8, 4) is 0 Å². The minimum Gasteiger partial charge on any atom is -0.483 e. The monoisotopic (exact) mass is 442 g/mol. The molecule has 5 rings (SSSR count). The first-order valence-corrected chi connectivity index (χ1v) is 12.0.